The molecule has 7 nitrogen and oxygen atoms in total. The fourth-order valence-electron chi connectivity index (χ4n) is 2.05. The Morgan fingerprint density at radius 2 is 1.89 bits per heavy atom. The molecular weight excluding hydrogens is 434 g/mol. The number of furan rings is 1. The van der Waals surface area contributed by atoms with Crippen LogP contribution in [-0.2, 0) is 0 Å². The predicted molar refractivity (Wildman–Crippen MR) is 105 cm³/mol. The van der Waals surface area contributed by atoms with E-state index in [-0.39, 0.29) is 11.3 Å². The van der Waals surface area contributed by atoms with Crippen molar-refractivity contribution >= 4 is 45.5 Å². The van der Waals surface area contributed by atoms with Crippen LogP contribution in [0.4, 0.5) is 5.69 Å². The zero-order valence-electron chi connectivity index (χ0n) is 13.7. The van der Waals surface area contributed by atoms with E-state index >= 15 is 0 Å². The first-order valence-electron chi connectivity index (χ1n) is 7.63. The normalized spacial score (nSPS) is 10.9. The number of benzene rings is 2. The maximum Gasteiger partial charge on any atom is 0.271 e. The lowest BCUT2D eigenvalue weighted by molar-refractivity contribution is -0.384. The number of hydrazone groups is 1. The van der Waals surface area contributed by atoms with Crippen LogP contribution in [0.25, 0.3) is 0 Å². The molecule has 3 aromatic rings. The van der Waals surface area contributed by atoms with Gasteiger partial charge in [-0.15, -0.1) is 0 Å². The monoisotopic (exact) mass is 445 g/mol. The number of nitrogens with one attached hydrogen (secondary N) is 1. The van der Waals surface area contributed by atoms with Crippen molar-refractivity contribution in [2.24, 2.45) is 5.10 Å². The van der Waals surface area contributed by atoms with E-state index in [0.29, 0.717) is 10.9 Å². The molecule has 0 fully saturated rings. The summed E-state index contributed by atoms with van der Waals surface area (Å²) in [7, 11) is 0. The summed E-state index contributed by atoms with van der Waals surface area (Å²) in [5.74, 6) is -0.0186. The molecule has 0 atom stereocenters. The van der Waals surface area contributed by atoms with E-state index in [1.807, 2.05) is 30.3 Å². The van der Waals surface area contributed by atoms with Crippen molar-refractivity contribution < 1.29 is 14.1 Å². The minimum Gasteiger partial charge on any atom is -0.447 e. The van der Waals surface area contributed by atoms with Gasteiger partial charge in [-0.05, 0) is 40.2 Å². The van der Waals surface area contributed by atoms with Crippen molar-refractivity contribution in [1.29, 1.82) is 0 Å². The largest absolute Gasteiger partial charge is 0.447 e. The highest BCUT2D eigenvalue weighted by molar-refractivity contribution is 9.10. The molecule has 0 spiro atoms. The van der Waals surface area contributed by atoms with Gasteiger partial charge in [-0.25, -0.2) is 5.43 Å². The second kappa shape index (κ2) is 8.65. The number of rotatable bonds is 6. The van der Waals surface area contributed by atoms with E-state index in [0.717, 1.165) is 9.37 Å². The number of hydrogen-bond donors (Lipinski definition) is 1. The zero-order chi connectivity index (χ0) is 19.2. The van der Waals surface area contributed by atoms with E-state index in [4.69, 9.17) is 4.42 Å². The van der Waals surface area contributed by atoms with Crippen LogP contribution in [0.2, 0.25) is 0 Å². The predicted octanol–water partition coefficient (Wildman–Crippen LogP) is 4.87. The van der Waals surface area contributed by atoms with E-state index in [9.17, 15) is 14.9 Å². The van der Waals surface area contributed by atoms with Gasteiger partial charge in [0.15, 0.2) is 5.09 Å². The molecule has 1 aromatic heterocycles. The van der Waals surface area contributed by atoms with Gasteiger partial charge in [0, 0.05) is 28.7 Å². The second-order valence-corrected chi connectivity index (χ2v) is 7.10. The zero-order valence-corrected chi connectivity index (χ0v) is 16.1. The Balaban J connectivity index is 1.62. The lowest BCUT2D eigenvalue weighted by Crippen LogP contribution is -2.17. The lowest BCUT2D eigenvalue weighted by Gasteiger charge is -1.99. The van der Waals surface area contributed by atoms with Crippen LogP contribution in [0.3, 0.4) is 0 Å². The Hall–Kier alpha value is -2.91. The molecule has 1 heterocycles. The highest BCUT2D eigenvalue weighted by atomic mass is 79.9. The van der Waals surface area contributed by atoms with E-state index < -0.39 is 10.8 Å². The Morgan fingerprint density at radius 1 is 1.19 bits per heavy atom. The van der Waals surface area contributed by atoms with Gasteiger partial charge < -0.3 is 4.42 Å². The summed E-state index contributed by atoms with van der Waals surface area (Å²) in [5, 5.41) is 15.1. The molecule has 1 N–H and O–H groups in total. The Morgan fingerprint density at radius 3 is 2.56 bits per heavy atom. The van der Waals surface area contributed by atoms with Crippen LogP contribution >= 0.6 is 27.7 Å². The summed E-state index contributed by atoms with van der Waals surface area (Å²) in [6, 6.07) is 16.7. The maximum absolute atomic E-state index is 12.0. The van der Waals surface area contributed by atoms with Crippen LogP contribution < -0.4 is 5.43 Å². The molecule has 0 saturated carbocycles. The standard InChI is InChI=1S/C18H12BrN3O4S/c19-16-10-14(26-18(16)27-15-4-2-1-3-5-15)11-20-21-17(23)12-6-8-13(9-7-12)22(24)25/h1-11H,(H,21,23)/b20-11-. The molecule has 9 heteroatoms. The number of carbonyl (C=O) groups is 1. The third-order valence-corrected chi connectivity index (χ3v) is 5.17. The average molecular weight is 446 g/mol. The van der Waals surface area contributed by atoms with Crippen LogP contribution in [0, 0.1) is 10.1 Å². The molecular formula is C18H12BrN3O4S. The number of amides is 1. The summed E-state index contributed by atoms with van der Waals surface area (Å²) in [5.41, 5.74) is 2.53. The van der Waals surface area contributed by atoms with Gasteiger partial charge in [0.05, 0.1) is 15.6 Å². The number of hydrogen-bond acceptors (Lipinski definition) is 6. The fourth-order valence-corrected chi connectivity index (χ4v) is 3.40. The first kappa shape index (κ1) is 18.9. The van der Waals surface area contributed by atoms with Crippen LogP contribution in [0.5, 0.6) is 0 Å². The summed E-state index contributed by atoms with van der Waals surface area (Å²) in [4.78, 5) is 23.1. The quantitative estimate of drug-likeness (QED) is 0.331. The number of nitrogens with zero attached hydrogens (tertiary/aromatic N) is 2. The number of carbonyl (C=O) groups excluding carboxylic acids is 1. The van der Waals surface area contributed by atoms with Gasteiger partial charge in [0.2, 0.25) is 0 Å². The molecule has 0 aliphatic carbocycles. The van der Waals surface area contributed by atoms with Crippen LogP contribution in [-0.4, -0.2) is 17.0 Å². The summed E-state index contributed by atoms with van der Waals surface area (Å²) < 4.78 is 6.47. The van der Waals surface area contributed by atoms with E-state index in [1.165, 1.54) is 42.2 Å². The first-order chi connectivity index (χ1) is 13.0. The molecule has 27 heavy (non-hydrogen) atoms. The fraction of sp³-hybridized carbons (Fsp3) is 0. The van der Waals surface area contributed by atoms with Crippen molar-refractivity contribution in [3.05, 3.63) is 86.6 Å². The van der Waals surface area contributed by atoms with Gasteiger partial charge in [-0.3, -0.25) is 14.9 Å². The second-order valence-electron chi connectivity index (χ2n) is 5.20. The molecule has 3 rings (SSSR count). The lowest BCUT2D eigenvalue weighted by atomic mass is 10.2. The van der Waals surface area contributed by atoms with Gasteiger partial charge in [-0.1, -0.05) is 30.0 Å². The minimum atomic E-state index is -0.528. The maximum atomic E-state index is 12.0. The smallest absolute Gasteiger partial charge is 0.271 e. The molecule has 0 bridgehead atoms. The summed E-state index contributed by atoms with van der Waals surface area (Å²) in [6.45, 7) is 0. The third kappa shape index (κ3) is 5.05. The molecule has 1 amide bonds. The van der Waals surface area contributed by atoms with Crippen molar-refractivity contribution in [1.82, 2.24) is 5.43 Å². The summed E-state index contributed by atoms with van der Waals surface area (Å²) in [6.07, 6.45) is 1.38. The number of non-ortho nitro benzene ring substituents is 1. The van der Waals surface area contributed by atoms with Gasteiger partial charge in [-0.2, -0.15) is 5.10 Å². The SMILES string of the molecule is O=C(N/N=C\c1cc(Br)c(Sc2ccccc2)o1)c1ccc([N+](=O)[O-])cc1. The van der Waals surface area contributed by atoms with Crippen molar-refractivity contribution in [2.75, 3.05) is 0 Å². The molecule has 2 aromatic carbocycles. The van der Waals surface area contributed by atoms with Crippen LogP contribution in [0.15, 0.2) is 84.6 Å². The average Bonchev–Trinajstić information content (AvgIpc) is 3.02. The molecule has 0 saturated heterocycles. The molecule has 0 aliphatic heterocycles. The molecule has 0 radical (unpaired) electrons. The Kier molecular flexibility index (Phi) is 6.05. The minimum absolute atomic E-state index is 0.0843. The highest BCUT2D eigenvalue weighted by Crippen LogP contribution is 2.35. The third-order valence-electron chi connectivity index (χ3n) is 3.33. The summed E-state index contributed by atoms with van der Waals surface area (Å²) >= 11 is 4.89. The van der Waals surface area contributed by atoms with Crippen LogP contribution in [0.1, 0.15) is 16.1 Å². The Bertz CT molecular complexity index is 988. The number of nitro benzene ring substituents is 1. The number of halogens is 1. The molecule has 136 valence electrons. The molecule has 0 aliphatic rings. The van der Waals surface area contributed by atoms with Gasteiger partial charge in [0.1, 0.15) is 5.76 Å². The first-order valence-corrected chi connectivity index (χ1v) is 9.24. The topological polar surface area (TPSA) is 97.7 Å². The number of nitro groups is 1. The van der Waals surface area contributed by atoms with Crippen molar-refractivity contribution in [3.63, 3.8) is 0 Å². The molecule has 0 unspecified atom stereocenters. The highest BCUT2D eigenvalue weighted by Gasteiger charge is 2.11. The van der Waals surface area contributed by atoms with E-state index in [2.05, 4.69) is 26.5 Å². The van der Waals surface area contributed by atoms with Crippen molar-refractivity contribution in [2.45, 2.75) is 9.99 Å². The van der Waals surface area contributed by atoms with E-state index in [1.54, 1.807) is 6.07 Å². The van der Waals surface area contributed by atoms with Gasteiger partial charge in [0.25, 0.3) is 11.6 Å². The van der Waals surface area contributed by atoms with Crippen molar-refractivity contribution in [3.8, 4) is 0 Å². The van der Waals surface area contributed by atoms with Gasteiger partial charge >= 0.3 is 0 Å². The Labute approximate surface area is 166 Å².